The Bertz CT molecular complexity index is 1260. The molecule has 0 N–H and O–H groups in total. The summed E-state index contributed by atoms with van der Waals surface area (Å²) in [5.41, 5.74) is 3.25. The predicted molar refractivity (Wildman–Crippen MR) is 146 cm³/mol. The molecule has 1 fully saturated rings. The Morgan fingerprint density at radius 2 is 1.91 bits per heavy atom. The Balaban J connectivity index is 1.49. The largest absolute Gasteiger partial charge is 0.462 e. The van der Waals surface area contributed by atoms with Crippen LogP contribution in [0.15, 0.2) is 52.3 Å². The molecule has 0 amide bonds. The molecule has 5 nitrogen and oxygen atoms in total. The van der Waals surface area contributed by atoms with E-state index in [1.54, 1.807) is 10.6 Å². The molecule has 0 aliphatic heterocycles. The van der Waals surface area contributed by atoms with Crippen molar-refractivity contribution in [3.63, 3.8) is 0 Å². The van der Waals surface area contributed by atoms with Gasteiger partial charge in [0.1, 0.15) is 10.9 Å². The van der Waals surface area contributed by atoms with E-state index in [0.29, 0.717) is 33.3 Å². The van der Waals surface area contributed by atoms with Crippen LogP contribution in [-0.2, 0) is 16.1 Å². The number of thiophene rings is 1. The highest BCUT2D eigenvalue weighted by Gasteiger charge is 2.31. The number of allylic oxidation sites excluding steroid dienone is 1. The van der Waals surface area contributed by atoms with E-state index in [9.17, 15) is 9.59 Å². The van der Waals surface area contributed by atoms with E-state index in [-0.39, 0.29) is 23.4 Å². The number of benzene rings is 1. The van der Waals surface area contributed by atoms with Crippen LogP contribution in [0.2, 0.25) is 0 Å². The molecule has 1 aliphatic rings. The lowest BCUT2D eigenvalue weighted by Gasteiger charge is -2.36. The van der Waals surface area contributed by atoms with Gasteiger partial charge in [0, 0.05) is 17.5 Å². The molecule has 0 radical (unpaired) electrons. The van der Waals surface area contributed by atoms with Gasteiger partial charge in [0.15, 0.2) is 5.16 Å². The Morgan fingerprint density at radius 1 is 1.23 bits per heavy atom. The minimum absolute atomic E-state index is 0.0122. The third-order valence-electron chi connectivity index (χ3n) is 6.85. The van der Waals surface area contributed by atoms with Crippen LogP contribution in [0, 0.1) is 18.3 Å². The molecule has 35 heavy (non-hydrogen) atoms. The predicted octanol–water partition coefficient (Wildman–Crippen LogP) is 6.86. The molecule has 0 unspecified atom stereocenters. The van der Waals surface area contributed by atoms with Crippen LogP contribution in [-0.4, -0.2) is 27.4 Å². The second kappa shape index (κ2) is 10.7. The number of esters is 1. The van der Waals surface area contributed by atoms with Crippen LogP contribution in [0.25, 0.3) is 21.3 Å². The lowest BCUT2D eigenvalue weighted by molar-refractivity contribution is -0.148. The highest BCUT2D eigenvalue weighted by Crippen LogP contribution is 2.38. The van der Waals surface area contributed by atoms with Crippen molar-refractivity contribution in [2.75, 3.05) is 5.75 Å². The lowest BCUT2D eigenvalue weighted by Crippen LogP contribution is -2.30. The van der Waals surface area contributed by atoms with Crippen molar-refractivity contribution < 1.29 is 9.53 Å². The number of carbonyl (C=O) groups is 1. The van der Waals surface area contributed by atoms with Gasteiger partial charge in [-0.2, -0.15) is 0 Å². The van der Waals surface area contributed by atoms with Gasteiger partial charge in [0.2, 0.25) is 0 Å². The van der Waals surface area contributed by atoms with E-state index in [0.717, 1.165) is 36.8 Å². The number of nitrogens with zero attached hydrogens (tertiary/aromatic N) is 2. The number of hydrogen-bond donors (Lipinski definition) is 0. The standard InChI is InChI=1S/C28H34N2O3S2/c1-6-15-30-26(32)24-22(19-9-7-18(2)8-10-19)16-34-25(24)29-27(30)35-17-23(31)33-21-13-11-20(12-14-21)28(3,4)5/h6-10,16,20-21H,1,11-15,17H2,2-5H3. The number of aromatic nitrogens is 2. The number of ether oxygens (including phenoxy) is 1. The SMILES string of the molecule is C=CCn1c(SCC(=O)OC2CCC(C(C)(C)C)CC2)nc2scc(-c3ccc(C)cc3)c2c1=O. The number of carbonyl (C=O) groups excluding carboxylic acids is 1. The molecule has 186 valence electrons. The van der Waals surface area contributed by atoms with Gasteiger partial charge >= 0.3 is 5.97 Å². The summed E-state index contributed by atoms with van der Waals surface area (Å²) in [4.78, 5) is 31.6. The van der Waals surface area contributed by atoms with Gasteiger partial charge in [0.25, 0.3) is 5.56 Å². The van der Waals surface area contributed by atoms with Crippen LogP contribution >= 0.6 is 23.1 Å². The van der Waals surface area contributed by atoms with Gasteiger partial charge < -0.3 is 4.74 Å². The molecule has 4 rings (SSSR count). The number of thioether (sulfide) groups is 1. The quantitative estimate of drug-likeness (QED) is 0.150. The van der Waals surface area contributed by atoms with Gasteiger partial charge in [0.05, 0.1) is 11.1 Å². The Hall–Kier alpha value is -2.38. The van der Waals surface area contributed by atoms with Crippen molar-refractivity contribution in [1.29, 1.82) is 0 Å². The second-order valence-electron chi connectivity index (χ2n) is 10.4. The van der Waals surface area contributed by atoms with Crippen molar-refractivity contribution in [2.24, 2.45) is 11.3 Å². The maximum Gasteiger partial charge on any atom is 0.316 e. The molecule has 0 spiro atoms. The van der Waals surface area contributed by atoms with E-state index < -0.39 is 0 Å². The van der Waals surface area contributed by atoms with Gasteiger partial charge in [-0.05, 0) is 49.5 Å². The summed E-state index contributed by atoms with van der Waals surface area (Å²) in [5, 5.41) is 3.12. The molecule has 2 heterocycles. The average Bonchev–Trinajstić information content (AvgIpc) is 3.24. The monoisotopic (exact) mass is 510 g/mol. The van der Waals surface area contributed by atoms with E-state index in [1.165, 1.54) is 28.7 Å². The zero-order valence-electron chi connectivity index (χ0n) is 21.0. The van der Waals surface area contributed by atoms with E-state index >= 15 is 0 Å². The molecule has 2 aromatic heterocycles. The smallest absolute Gasteiger partial charge is 0.316 e. The average molecular weight is 511 g/mol. The molecule has 7 heteroatoms. The topological polar surface area (TPSA) is 61.2 Å². The lowest BCUT2D eigenvalue weighted by atomic mass is 9.72. The molecular formula is C28H34N2O3S2. The van der Waals surface area contributed by atoms with Crippen molar-refractivity contribution in [2.45, 2.75) is 71.2 Å². The molecule has 1 saturated carbocycles. The minimum Gasteiger partial charge on any atom is -0.462 e. The maximum atomic E-state index is 13.5. The Morgan fingerprint density at radius 3 is 2.54 bits per heavy atom. The van der Waals surface area contributed by atoms with Crippen molar-refractivity contribution in [3.8, 4) is 11.1 Å². The summed E-state index contributed by atoms with van der Waals surface area (Å²) in [7, 11) is 0. The molecule has 0 bridgehead atoms. The number of fused-ring (bicyclic) bond motifs is 1. The van der Waals surface area contributed by atoms with Gasteiger partial charge in [-0.25, -0.2) is 4.98 Å². The zero-order valence-corrected chi connectivity index (χ0v) is 22.6. The van der Waals surface area contributed by atoms with Crippen molar-refractivity contribution in [1.82, 2.24) is 9.55 Å². The van der Waals surface area contributed by atoms with Crippen LogP contribution < -0.4 is 5.56 Å². The first-order valence-electron chi connectivity index (χ1n) is 12.2. The molecule has 0 saturated heterocycles. The van der Waals surface area contributed by atoms with E-state index in [1.807, 2.05) is 36.6 Å². The van der Waals surface area contributed by atoms with Crippen LogP contribution in [0.1, 0.15) is 52.0 Å². The van der Waals surface area contributed by atoms with Gasteiger partial charge in [-0.1, -0.05) is 68.4 Å². The first kappa shape index (κ1) is 25.7. The first-order valence-corrected chi connectivity index (χ1v) is 14.1. The highest BCUT2D eigenvalue weighted by molar-refractivity contribution is 7.99. The fourth-order valence-electron chi connectivity index (χ4n) is 4.74. The zero-order chi connectivity index (χ0) is 25.2. The molecule has 1 aliphatic carbocycles. The molecule has 3 aromatic rings. The maximum absolute atomic E-state index is 13.5. The van der Waals surface area contributed by atoms with Gasteiger partial charge in [-0.3, -0.25) is 14.2 Å². The summed E-state index contributed by atoms with van der Waals surface area (Å²) in [6, 6.07) is 8.14. The third-order valence-corrected chi connectivity index (χ3v) is 8.67. The fraction of sp³-hybridized carbons (Fsp3) is 0.464. The summed E-state index contributed by atoms with van der Waals surface area (Å²) < 4.78 is 7.37. The number of aryl methyl sites for hydroxylation is 1. The van der Waals surface area contributed by atoms with Crippen LogP contribution in [0.4, 0.5) is 0 Å². The van der Waals surface area contributed by atoms with Crippen LogP contribution in [0.5, 0.6) is 0 Å². The first-order chi connectivity index (χ1) is 16.7. The molecular weight excluding hydrogens is 476 g/mol. The Labute approximate surface area is 215 Å². The normalized spacial score (nSPS) is 18.5. The van der Waals surface area contributed by atoms with E-state index in [2.05, 4.69) is 27.4 Å². The van der Waals surface area contributed by atoms with Gasteiger partial charge in [-0.15, -0.1) is 17.9 Å². The van der Waals surface area contributed by atoms with Crippen molar-refractivity contribution in [3.05, 3.63) is 58.2 Å². The summed E-state index contributed by atoms with van der Waals surface area (Å²) in [5.74, 6) is 0.553. The highest BCUT2D eigenvalue weighted by atomic mass is 32.2. The summed E-state index contributed by atoms with van der Waals surface area (Å²) >= 11 is 2.71. The second-order valence-corrected chi connectivity index (χ2v) is 12.2. The van der Waals surface area contributed by atoms with E-state index in [4.69, 9.17) is 9.72 Å². The third kappa shape index (κ3) is 5.89. The number of hydrogen-bond acceptors (Lipinski definition) is 6. The molecule has 0 atom stereocenters. The summed E-state index contributed by atoms with van der Waals surface area (Å²) in [6.07, 6.45) is 5.69. The van der Waals surface area contributed by atoms with Crippen molar-refractivity contribution >= 4 is 39.3 Å². The summed E-state index contributed by atoms with van der Waals surface area (Å²) in [6.45, 7) is 13.0. The Kier molecular flexibility index (Phi) is 7.86. The molecule has 1 aromatic carbocycles. The fourth-order valence-corrected chi connectivity index (χ4v) is 6.52. The van der Waals surface area contributed by atoms with Crippen LogP contribution in [0.3, 0.4) is 0 Å². The minimum atomic E-state index is -0.250. The number of rotatable bonds is 7.